The van der Waals surface area contributed by atoms with E-state index in [1.165, 1.54) is 0 Å². The average Bonchev–Trinajstić information content (AvgIpc) is 2.10. The van der Waals surface area contributed by atoms with E-state index in [1.54, 1.807) is 19.3 Å². The summed E-state index contributed by atoms with van der Waals surface area (Å²) in [7, 11) is 0. The highest BCUT2D eigenvalue weighted by Gasteiger charge is 2.37. The van der Waals surface area contributed by atoms with Crippen molar-refractivity contribution in [1.29, 1.82) is 0 Å². The van der Waals surface area contributed by atoms with Gasteiger partial charge < -0.3 is 10.5 Å². The van der Waals surface area contributed by atoms with Crippen LogP contribution < -0.4 is 16.6 Å². The first kappa shape index (κ1) is 10.7. The standard InChI is InChI=1S/C6H13N5O3/c1-3(2)10-5(12)8-4(9-14)11(7)6(10)13/h3-4,9,14H,7H2,1-2H3,(H,8,12). The molecule has 1 heterocycles. The predicted octanol–water partition coefficient (Wildman–Crippen LogP) is -1.02. The molecule has 0 aromatic rings. The van der Waals surface area contributed by atoms with Crippen molar-refractivity contribution in [2.75, 3.05) is 0 Å². The van der Waals surface area contributed by atoms with Gasteiger partial charge in [0.1, 0.15) is 0 Å². The number of hydroxylamine groups is 1. The van der Waals surface area contributed by atoms with Crippen LogP contribution in [0.3, 0.4) is 0 Å². The number of urea groups is 2. The Morgan fingerprint density at radius 1 is 1.57 bits per heavy atom. The summed E-state index contributed by atoms with van der Waals surface area (Å²) in [5, 5.41) is 11.5. The number of nitrogens with two attached hydrogens (primary N) is 1. The van der Waals surface area contributed by atoms with Crippen LogP contribution in [0.15, 0.2) is 0 Å². The molecule has 1 atom stereocenters. The molecule has 0 aromatic carbocycles. The summed E-state index contributed by atoms with van der Waals surface area (Å²) in [5.41, 5.74) is 1.70. The molecule has 0 aliphatic carbocycles. The monoisotopic (exact) mass is 203 g/mol. The molecule has 0 aromatic heterocycles. The smallest absolute Gasteiger partial charge is 0.313 e. The molecule has 0 saturated carbocycles. The van der Waals surface area contributed by atoms with Gasteiger partial charge >= 0.3 is 12.1 Å². The Bertz CT molecular complexity index is 256. The topological polar surface area (TPSA) is 111 Å². The Kier molecular flexibility index (Phi) is 2.89. The first-order chi connectivity index (χ1) is 6.49. The average molecular weight is 203 g/mol. The first-order valence-corrected chi connectivity index (χ1v) is 4.06. The zero-order chi connectivity index (χ0) is 10.9. The third kappa shape index (κ3) is 1.62. The minimum Gasteiger partial charge on any atom is -0.313 e. The van der Waals surface area contributed by atoms with Gasteiger partial charge in [-0.1, -0.05) is 0 Å². The number of carbonyl (C=O) groups is 2. The van der Waals surface area contributed by atoms with Crippen LogP contribution in [0.4, 0.5) is 9.59 Å². The lowest BCUT2D eigenvalue weighted by Gasteiger charge is -2.38. The molecule has 8 heteroatoms. The molecule has 4 amide bonds. The van der Waals surface area contributed by atoms with Crippen molar-refractivity contribution in [3.8, 4) is 0 Å². The third-order valence-electron chi connectivity index (χ3n) is 1.82. The van der Waals surface area contributed by atoms with E-state index in [9.17, 15) is 9.59 Å². The van der Waals surface area contributed by atoms with Crippen LogP contribution in [0, 0.1) is 0 Å². The second-order valence-electron chi connectivity index (χ2n) is 3.13. The second-order valence-corrected chi connectivity index (χ2v) is 3.13. The first-order valence-electron chi connectivity index (χ1n) is 4.06. The third-order valence-corrected chi connectivity index (χ3v) is 1.82. The Hall–Kier alpha value is -1.38. The van der Waals surface area contributed by atoms with E-state index < -0.39 is 18.4 Å². The fourth-order valence-corrected chi connectivity index (χ4v) is 1.13. The molecule has 8 nitrogen and oxygen atoms in total. The number of imide groups is 1. The molecule has 0 bridgehead atoms. The molecule has 0 radical (unpaired) electrons. The number of hydrogen-bond acceptors (Lipinski definition) is 5. The van der Waals surface area contributed by atoms with E-state index in [2.05, 4.69) is 5.32 Å². The fourth-order valence-electron chi connectivity index (χ4n) is 1.13. The summed E-state index contributed by atoms with van der Waals surface area (Å²) >= 11 is 0. The maximum Gasteiger partial charge on any atom is 0.345 e. The number of amides is 4. The van der Waals surface area contributed by atoms with Crippen LogP contribution in [0.1, 0.15) is 13.8 Å². The Labute approximate surface area is 80.6 Å². The van der Waals surface area contributed by atoms with Gasteiger partial charge in [0.05, 0.1) is 0 Å². The number of carbonyl (C=O) groups excluding carboxylic acids is 2. The zero-order valence-electron chi connectivity index (χ0n) is 7.89. The van der Waals surface area contributed by atoms with Gasteiger partial charge in [-0.25, -0.2) is 25.3 Å². The van der Waals surface area contributed by atoms with Crippen molar-refractivity contribution < 1.29 is 14.8 Å². The van der Waals surface area contributed by atoms with E-state index in [1.807, 2.05) is 0 Å². The maximum atomic E-state index is 11.5. The van der Waals surface area contributed by atoms with Gasteiger partial charge in [-0.2, -0.15) is 5.48 Å². The van der Waals surface area contributed by atoms with Gasteiger partial charge in [0, 0.05) is 6.04 Å². The summed E-state index contributed by atoms with van der Waals surface area (Å²) in [6.45, 7) is 3.36. The molecule has 5 N–H and O–H groups in total. The van der Waals surface area contributed by atoms with E-state index in [0.29, 0.717) is 5.01 Å². The Morgan fingerprint density at radius 3 is 2.57 bits per heavy atom. The van der Waals surface area contributed by atoms with Gasteiger partial charge in [-0.05, 0) is 13.8 Å². The maximum absolute atomic E-state index is 11.5. The van der Waals surface area contributed by atoms with E-state index >= 15 is 0 Å². The van der Waals surface area contributed by atoms with Crippen LogP contribution in [-0.2, 0) is 0 Å². The normalized spacial score (nSPS) is 23.1. The summed E-state index contributed by atoms with van der Waals surface area (Å²) in [6, 6.07) is -1.57. The van der Waals surface area contributed by atoms with Crippen LogP contribution in [0.25, 0.3) is 0 Å². The molecule has 14 heavy (non-hydrogen) atoms. The van der Waals surface area contributed by atoms with Crippen molar-refractivity contribution >= 4 is 12.1 Å². The molecule has 1 saturated heterocycles. The molecule has 1 aliphatic heterocycles. The number of hydrogen-bond donors (Lipinski definition) is 4. The highest BCUT2D eigenvalue weighted by molar-refractivity contribution is 5.96. The summed E-state index contributed by atoms with van der Waals surface area (Å²) in [5.74, 6) is 5.33. The summed E-state index contributed by atoms with van der Waals surface area (Å²) < 4.78 is 0. The molecule has 80 valence electrons. The molecule has 0 spiro atoms. The largest absolute Gasteiger partial charge is 0.345 e. The Balaban J connectivity index is 2.85. The van der Waals surface area contributed by atoms with Crippen molar-refractivity contribution in [3.63, 3.8) is 0 Å². The predicted molar refractivity (Wildman–Crippen MR) is 45.6 cm³/mol. The van der Waals surface area contributed by atoms with E-state index in [-0.39, 0.29) is 6.04 Å². The second kappa shape index (κ2) is 3.78. The van der Waals surface area contributed by atoms with E-state index in [0.717, 1.165) is 4.90 Å². The summed E-state index contributed by atoms with van der Waals surface area (Å²) in [4.78, 5) is 23.7. The quantitative estimate of drug-likeness (QED) is 0.261. The highest BCUT2D eigenvalue weighted by atomic mass is 16.5. The fraction of sp³-hybridized carbons (Fsp3) is 0.667. The molecule has 1 aliphatic rings. The van der Waals surface area contributed by atoms with Crippen LogP contribution in [0.5, 0.6) is 0 Å². The van der Waals surface area contributed by atoms with Gasteiger partial charge in [0.15, 0.2) is 6.29 Å². The molecular formula is C6H13N5O3. The van der Waals surface area contributed by atoms with Gasteiger partial charge in [-0.3, -0.25) is 0 Å². The number of rotatable bonds is 2. The van der Waals surface area contributed by atoms with Crippen molar-refractivity contribution in [2.24, 2.45) is 5.84 Å². The van der Waals surface area contributed by atoms with E-state index in [4.69, 9.17) is 11.0 Å². The molecular weight excluding hydrogens is 190 g/mol. The highest BCUT2D eigenvalue weighted by Crippen LogP contribution is 2.08. The lowest BCUT2D eigenvalue weighted by atomic mass is 10.3. The van der Waals surface area contributed by atoms with Gasteiger partial charge in [0.2, 0.25) is 0 Å². The minimum absolute atomic E-state index is 0.298. The number of nitrogens with one attached hydrogen (secondary N) is 2. The lowest BCUT2D eigenvalue weighted by molar-refractivity contribution is 0.0102. The Morgan fingerprint density at radius 2 is 2.14 bits per heavy atom. The lowest BCUT2D eigenvalue weighted by Crippen LogP contribution is -2.71. The SMILES string of the molecule is CC(C)N1C(=O)NC(NO)N(N)C1=O. The zero-order valence-corrected chi connectivity index (χ0v) is 7.89. The number of hydrazine groups is 1. The minimum atomic E-state index is -1.09. The van der Waals surface area contributed by atoms with Crippen LogP contribution >= 0.6 is 0 Å². The van der Waals surface area contributed by atoms with Gasteiger partial charge in [-0.15, -0.1) is 0 Å². The van der Waals surface area contributed by atoms with Crippen molar-refractivity contribution in [2.45, 2.75) is 26.2 Å². The molecule has 1 rings (SSSR count). The van der Waals surface area contributed by atoms with Crippen molar-refractivity contribution in [3.05, 3.63) is 0 Å². The van der Waals surface area contributed by atoms with Crippen molar-refractivity contribution in [1.82, 2.24) is 20.7 Å². The number of nitrogens with zero attached hydrogens (tertiary/aromatic N) is 2. The van der Waals surface area contributed by atoms with Crippen LogP contribution in [-0.4, -0.2) is 39.5 Å². The van der Waals surface area contributed by atoms with Crippen LogP contribution in [0.2, 0.25) is 0 Å². The molecule has 1 unspecified atom stereocenters. The summed E-state index contributed by atoms with van der Waals surface area (Å²) in [6.07, 6.45) is -1.09. The molecule has 1 fully saturated rings. The van der Waals surface area contributed by atoms with Gasteiger partial charge in [0.25, 0.3) is 0 Å².